The van der Waals surface area contributed by atoms with Crippen LogP contribution in [0.25, 0.3) is 6.08 Å². The summed E-state index contributed by atoms with van der Waals surface area (Å²) < 4.78 is 4.90. The molecule has 0 atom stereocenters. The monoisotopic (exact) mass is 346 g/mol. The van der Waals surface area contributed by atoms with E-state index in [1.165, 1.54) is 6.08 Å². The molecule has 0 heterocycles. The van der Waals surface area contributed by atoms with E-state index in [-0.39, 0.29) is 0 Å². The third-order valence-electron chi connectivity index (χ3n) is 4.00. The lowest BCUT2D eigenvalue weighted by Crippen LogP contribution is -2.46. The molecule has 1 N–H and O–H groups in total. The highest BCUT2D eigenvalue weighted by Crippen LogP contribution is 2.28. The standard InChI is InChI=1S/C18H19ClN2O3/c1-13-4-5-14(10-15(13)19)6-7-17(23)24-11-16(22)21-18(12-20)8-2-3-9-18/h4-7,10H,2-3,8-9,11H2,1H3,(H,21,22)/b7-6+. The predicted octanol–water partition coefficient (Wildman–Crippen LogP) is 3.16. The van der Waals surface area contributed by atoms with Crippen molar-refractivity contribution in [1.82, 2.24) is 5.32 Å². The summed E-state index contributed by atoms with van der Waals surface area (Å²) in [4.78, 5) is 23.5. The molecule has 0 saturated heterocycles. The lowest BCUT2D eigenvalue weighted by atomic mass is 10.00. The van der Waals surface area contributed by atoms with Crippen molar-refractivity contribution >= 4 is 29.6 Å². The van der Waals surface area contributed by atoms with E-state index in [9.17, 15) is 14.9 Å². The normalized spacial score (nSPS) is 15.9. The minimum Gasteiger partial charge on any atom is -0.452 e. The fourth-order valence-electron chi connectivity index (χ4n) is 2.61. The minimum atomic E-state index is -0.808. The number of ether oxygens (including phenoxy) is 1. The minimum absolute atomic E-state index is 0.402. The molecule has 1 aromatic carbocycles. The number of carbonyl (C=O) groups excluding carboxylic acids is 2. The van der Waals surface area contributed by atoms with Crippen LogP contribution in [-0.2, 0) is 14.3 Å². The number of halogens is 1. The molecule has 1 aromatic rings. The molecule has 0 unspecified atom stereocenters. The second kappa shape index (κ2) is 7.98. The third-order valence-corrected chi connectivity index (χ3v) is 4.41. The van der Waals surface area contributed by atoms with Crippen LogP contribution in [0.5, 0.6) is 0 Å². The summed E-state index contributed by atoms with van der Waals surface area (Å²) in [6.07, 6.45) is 5.91. The average Bonchev–Trinajstić information content (AvgIpc) is 3.03. The highest BCUT2D eigenvalue weighted by atomic mass is 35.5. The van der Waals surface area contributed by atoms with Gasteiger partial charge in [-0.05, 0) is 55.9 Å². The number of aryl methyl sites for hydroxylation is 1. The Balaban J connectivity index is 1.82. The van der Waals surface area contributed by atoms with E-state index in [0.29, 0.717) is 17.9 Å². The first-order chi connectivity index (χ1) is 11.4. The number of esters is 1. The van der Waals surface area contributed by atoms with Gasteiger partial charge in [0.1, 0.15) is 5.54 Å². The Morgan fingerprint density at radius 3 is 2.75 bits per heavy atom. The first kappa shape index (κ1) is 18.0. The van der Waals surface area contributed by atoms with Gasteiger partial charge in [0.25, 0.3) is 5.91 Å². The van der Waals surface area contributed by atoms with Crippen molar-refractivity contribution in [1.29, 1.82) is 5.26 Å². The maximum atomic E-state index is 11.8. The Labute approximate surface area is 146 Å². The van der Waals surface area contributed by atoms with E-state index in [0.717, 1.165) is 24.0 Å². The van der Waals surface area contributed by atoms with Crippen molar-refractivity contribution in [2.45, 2.75) is 38.1 Å². The molecule has 24 heavy (non-hydrogen) atoms. The summed E-state index contributed by atoms with van der Waals surface area (Å²) in [6, 6.07) is 7.57. The average molecular weight is 347 g/mol. The van der Waals surface area contributed by atoms with Crippen molar-refractivity contribution in [2.24, 2.45) is 0 Å². The molecule has 1 amide bonds. The maximum absolute atomic E-state index is 11.8. The molecule has 0 aromatic heterocycles. The lowest BCUT2D eigenvalue weighted by molar-refractivity contribution is -0.144. The summed E-state index contributed by atoms with van der Waals surface area (Å²) in [7, 11) is 0. The Morgan fingerprint density at radius 1 is 1.42 bits per heavy atom. The number of nitrogens with one attached hydrogen (secondary N) is 1. The molecule has 1 fully saturated rings. The Kier molecular flexibility index (Phi) is 5.99. The molecule has 0 bridgehead atoms. The second-order valence-corrected chi connectivity index (χ2v) is 6.31. The molecule has 6 heteroatoms. The van der Waals surface area contributed by atoms with Gasteiger partial charge >= 0.3 is 5.97 Å². The number of benzene rings is 1. The summed E-state index contributed by atoms with van der Waals surface area (Å²) in [5.41, 5.74) is 0.908. The van der Waals surface area contributed by atoms with E-state index in [1.807, 2.05) is 19.1 Å². The lowest BCUT2D eigenvalue weighted by Gasteiger charge is -2.21. The molecule has 0 spiro atoms. The molecule has 1 saturated carbocycles. The zero-order valence-corrected chi connectivity index (χ0v) is 14.2. The van der Waals surface area contributed by atoms with Crippen molar-refractivity contribution in [3.05, 3.63) is 40.4 Å². The summed E-state index contributed by atoms with van der Waals surface area (Å²) in [5.74, 6) is -1.09. The van der Waals surface area contributed by atoms with Gasteiger partial charge in [0.05, 0.1) is 6.07 Å². The largest absolute Gasteiger partial charge is 0.452 e. The smallest absolute Gasteiger partial charge is 0.331 e. The summed E-state index contributed by atoms with van der Waals surface area (Å²) in [6.45, 7) is 1.49. The van der Waals surface area contributed by atoms with Crippen LogP contribution in [0.15, 0.2) is 24.3 Å². The topological polar surface area (TPSA) is 79.2 Å². The summed E-state index contributed by atoms with van der Waals surface area (Å²) in [5, 5.41) is 12.5. The van der Waals surface area contributed by atoms with Crippen molar-refractivity contribution in [3.63, 3.8) is 0 Å². The van der Waals surface area contributed by atoms with Gasteiger partial charge < -0.3 is 10.1 Å². The van der Waals surface area contributed by atoms with Gasteiger partial charge in [-0.25, -0.2) is 4.79 Å². The zero-order chi connectivity index (χ0) is 17.6. The second-order valence-electron chi connectivity index (χ2n) is 5.90. The number of hydrogen-bond acceptors (Lipinski definition) is 4. The van der Waals surface area contributed by atoms with Crippen LogP contribution in [0.3, 0.4) is 0 Å². The van der Waals surface area contributed by atoms with Crippen molar-refractivity contribution in [3.8, 4) is 6.07 Å². The van der Waals surface area contributed by atoms with Crippen LogP contribution in [0.1, 0.15) is 36.8 Å². The van der Waals surface area contributed by atoms with Crippen LogP contribution in [0.4, 0.5) is 0 Å². The fraction of sp³-hybridized carbons (Fsp3) is 0.389. The molecule has 126 valence electrons. The number of amides is 1. The molecule has 2 rings (SSSR count). The Morgan fingerprint density at radius 2 is 2.12 bits per heavy atom. The number of hydrogen-bond donors (Lipinski definition) is 1. The van der Waals surface area contributed by atoms with Gasteiger partial charge in [-0.2, -0.15) is 5.26 Å². The molecule has 5 nitrogen and oxygen atoms in total. The number of carbonyl (C=O) groups is 2. The van der Waals surface area contributed by atoms with Gasteiger partial charge in [0.15, 0.2) is 6.61 Å². The Bertz CT molecular complexity index is 701. The van der Waals surface area contributed by atoms with E-state index in [4.69, 9.17) is 16.3 Å². The van der Waals surface area contributed by atoms with Crippen LogP contribution in [0.2, 0.25) is 5.02 Å². The zero-order valence-electron chi connectivity index (χ0n) is 13.5. The van der Waals surface area contributed by atoms with Gasteiger partial charge in [0, 0.05) is 11.1 Å². The SMILES string of the molecule is Cc1ccc(/C=C/C(=O)OCC(=O)NC2(C#N)CCCC2)cc1Cl. The van der Waals surface area contributed by atoms with E-state index >= 15 is 0 Å². The molecule has 1 aliphatic carbocycles. The maximum Gasteiger partial charge on any atom is 0.331 e. The predicted molar refractivity (Wildman–Crippen MR) is 91.1 cm³/mol. The first-order valence-electron chi connectivity index (χ1n) is 7.77. The molecule has 0 radical (unpaired) electrons. The van der Waals surface area contributed by atoms with Crippen LogP contribution < -0.4 is 5.32 Å². The van der Waals surface area contributed by atoms with Gasteiger partial charge in [-0.15, -0.1) is 0 Å². The van der Waals surface area contributed by atoms with Gasteiger partial charge in [0.2, 0.25) is 0 Å². The van der Waals surface area contributed by atoms with Crippen molar-refractivity contribution < 1.29 is 14.3 Å². The quantitative estimate of drug-likeness (QED) is 0.656. The van der Waals surface area contributed by atoms with E-state index < -0.39 is 24.0 Å². The molecule has 0 aliphatic heterocycles. The van der Waals surface area contributed by atoms with Gasteiger partial charge in [-0.3, -0.25) is 4.79 Å². The van der Waals surface area contributed by atoms with Crippen LogP contribution in [0, 0.1) is 18.3 Å². The summed E-state index contributed by atoms with van der Waals surface area (Å²) >= 11 is 6.01. The van der Waals surface area contributed by atoms with E-state index in [1.54, 1.807) is 12.1 Å². The highest BCUT2D eigenvalue weighted by Gasteiger charge is 2.35. The van der Waals surface area contributed by atoms with E-state index in [2.05, 4.69) is 11.4 Å². The third kappa shape index (κ3) is 4.84. The van der Waals surface area contributed by atoms with Crippen LogP contribution >= 0.6 is 11.6 Å². The number of nitrogens with zero attached hydrogens (tertiary/aromatic N) is 1. The molecular weight excluding hydrogens is 328 g/mol. The van der Waals surface area contributed by atoms with Crippen molar-refractivity contribution in [2.75, 3.05) is 6.61 Å². The molecular formula is C18H19ClN2O3. The van der Waals surface area contributed by atoms with Gasteiger partial charge in [-0.1, -0.05) is 23.7 Å². The Hall–Kier alpha value is -2.32. The highest BCUT2D eigenvalue weighted by molar-refractivity contribution is 6.31. The van der Waals surface area contributed by atoms with Crippen LogP contribution in [-0.4, -0.2) is 24.0 Å². The fourth-order valence-corrected chi connectivity index (χ4v) is 2.80. The first-order valence-corrected chi connectivity index (χ1v) is 8.15. The number of nitriles is 1. The number of rotatable bonds is 5. The molecule has 1 aliphatic rings.